The van der Waals surface area contributed by atoms with E-state index in [-0.39, 0.29) is 0 Å². The van der Waals surface area contributed by atoms with Crippen molar-refractivity contribution in [1.29, 1.82) is 0 Å². The minimum atomic E-state index is 0.880. The van der Waals surface area contributed by atoms with Gasteiger partial charge in [0.1, 0.15) is 0 Å². The molecule has 0 amide bonds. The van der Waals surface area contributed by atoms with Gasteiger partial charge in [-0.15, -0.1) is 0 Å². The zero-order valence-electron chi connectivity index (χ0n) is 12.5. The Hall–Kier alpha value is -1.22. The topological polar surface area (TPSA) is 32.5 Å². The van der Waals surface area contributed by atoms with Gasteiger partial charge in [-0.05, 0) is 69.9 Å². The van der Waals surface area contributed by atoms with E-state index < -0.39 is 0 Å². The number of benzene rings is 1. The molecule has 0 atom stereocenters. The Balaban J connectivity index is 1.85. The number of aryl methyl sites for hydroxylation is 1. The number of rotatable bonds is 4. The van der Waals surface area contributed by atoms with Crippen molar-refractivity contribution >= 4 is 11.4 Å². The summed E-state index contributed by atoms with van der Waals surface area (Å²) in [5.41, 5.74) is 9.39. The zero-order chi connectivity index (χ0) is 13.8. The third-order valence-corrected chi connectivity index (χ3v) is 4.31. The minimum absolute atomic E-state index is 0.880. The monoisotopic (exact) mass is 261 g/mol. The number of anilines is 2. The van der Waals surface area contributed by atoms with E-state index in [1.165, 1.54) is 43.6 Å². The molecule has 2 N–H and O–H groups in total. The third-order valence-electron chi connectivity index (χ3n) is 4.31. The molecule has 3 heteroatoms. The first-order chi connectivity index (χ1) is 9.06. The molecular weight excluding hydrogens is 234 g/mol. The van der Waals surface area contributed by atoms with Gasteiger partial charge in [0.2, 0.25) is 0 Å². The molecule has 0 aromatic heterocycles. The molecule has 0 aliphatic carbocycles. The smallest absolute Gasteiger partial charge is 0.0597 e. The van der Waals surface area contributed by atoms with Gasteiger partial charge in [-0.3, -0.25) is 0 Å². The summed E-state index contributed by atoms with van der Waals surface area (Å²) < 4.78 is 0. The minimum Gasteiger partial charge on any atom is -0.397 e. The van der Waals surface area contributed by atoms with Crippen LogP contribution in [0.2, 0.25) is 0 Å². The van der Waals surface area contributed by atoms with Gasteiger partial charge in [0.15, 0.2) is 0 Å². The maximum Gasteiger partial charge on any atom is 0.0597 e. The Morgan fingerprint density at radius 1 is 1.32 bits per heavy atom. The number of piperidine rings is 1. The second-order valence-corrected chi connectivity index (χ2v) is 6.02. The average Bonchev–Trinajstić information content (AvgIpc) is 2.37. The van der Waals surface area contributed by atoms with Gasteiger partial charge in [-0.25, -0.2) is 0 Å². The number of nitrogen functional groups attached to an aromatic ring is 1. The van der Waals surface area contributed by atoms with Crippen LogP contribution in [0, 0.1) is 12.8 Å². The van der Waals surface area contributed by atoms with Crippen molar-refractivity contribution in [2.24, 2.45) is 5.92 Å². The summed E-state index contributed by atoms with van der Waals surface area (Å²) in [6, 6.07) is 6.33. The predicted molar refractivity (Wildman–Crippen MR) is 83.7 cm³/mol. The highest BCUT2D eigenvalue weighted by Gasteiger charge is 2.17. The summed E-state index contributed by atoms with van der Waals surface area (Å²) in [4.78, 5) is 4.73. The van der Waals surface area contributed by atoms with Crippen LogP contribution in [0.15, 0.2) is 18.2 Å². The van der Waals surface area contributed by atoms with Gasteiger partial charge in [0, 0.05) is 13.6 Å². The zero-order valence-corrected chi connectivity index (χ0v) is 12.5. The molecular formula is C16H27N3. The van der Waals surface area contributed by atoms with Crippen LogP contribution in [0.1, 0.15) is 24.8 Å². The molecule has 3 nitrogen and oxygen atoms in total. The maximum absolute atomic E-state index is 6.10. The summed E-state index contributed by atoms with van der Waals surface area (Å²) in [6.07, 6.45) is 3.96. The molecule has 1 aliphatic rings. The highest BCUT2D eigenvalue weighted by molar-refractivity contribution is 5.68. The van der Waals surface area contributed by atoms with Crippen molar-refractivity contribution in [3.05, 3.63) is 23.8 Å². The van der Waals surface area contributed by atoms with E-state index in [0.29, 0.717) is 0 Å². The lowest BCUT2D eigenvalue weighted by Crippen LogP contribution is -2.32. The van der Waals surface area contributed by atoms with Crippen LogP contribution in [-0.2, 0) is 0 Å². The summed E-state index contributed by atoms with van der Waals surface area (Å²) in [6.45, 7) is 5.68. The van der Waals surface area contributed by atoms with Crippen LogP contribution in [0.4, 0.5) is 11.4 Å². The normalized spacial score (nSPS) is 17.6. The molecule has 0 saturated carbocycles. The van der Waals surface area contributed by atoms with E-state index in [9.17, 15) is 0 Å². The first-order valence-corrected chi connectivity index (χ1v) is 7.32. The first kappa shape index (κ1) is 14.2. The summed E-state index contributed by atoms with van der Waals surface area (Å²) in [5, 5.41) is 0. The molecule has 1 aliphatic heterocycles. The Labute approximate surface area is 117 Å². The molecule has 106 valence electrons. The second kappa shape index (κ2) is 6.29. The van der Waals surface area contributed by atoms with Gasteiger partial charge in [0.25, 0.3) is 0 Å². The standard InChI is InChI=1S/C16H27N3/c1-13-4-5-16(15(17)12-13)19(3)11-8-14-6-9-18(2)10-7-14/h4-5,12,14H,6-11,17H2,1-3H3. The van der Waals surface area contributed by atoms with Crippen LogP contribution in [0.25, 0.3) is 0 Å². The maximum atomic E-state index is 6.10. The third kappa shape index (κ3) is 3.87. The van der Waals surface area contributed by atoms with E-state index in [1.54, 1.807) is 0 Å². The van der Waals surface area contributed by atoms with Crippen molar-refractivity contribution in [2.45, 2.75) is 26.2 Å². The molecule has 1 heterocycles. The highest BCUT2D eigenvalue weighted by Crippen LogP contribution is 2.25. The molecule has 1 aromatic carbocycles. The fourth-order valence-corrected chi connectivity index (χ4v) is 2.87. The van der Waals surface area contributed by atoms with Crippen molar-refractivity contribution in [1.82, 2.24) is 4.90 Å². The SMILES string of the molecule is Cc1ccc(N(C)CCC2CCN(C)CC2)c(N)c1. The Morgan fingerprint density at radius 2 is 2.00 bits per heavy atom. The molecule has 1 fully saturated rings. The molecule has 19 heavy (non-hydrogen) atoms. The molecule has 0 spiro atoms. The van der Waals surface area contributed by atoms with Gasteiger partial charge in [-0.2, -0.15) is 0 Å². The fraction of sp³-hybridized carbons (Fsp3) is 0.625. The largest absolute Gasteiger partial charge is 0.397 e. The fourth-order valence-electron chi connectivity index (χ4n) is 2.87. The second-order valence-electron chi connectivity index (χ2n) is 6.02. The highest BCUT2D eigenvalue weighted by atomic mass is 15.1. The summed E-state index contributed by atoms with van der Waals surface area (Å²) >= 11 is 0. The number of nitrogens with two attached hydrogens (primary N) is 1. The van der Waals surface area contributed by atoms with Crippen molar-refractivity contribution in [2.75, 3.05) is 44.4 Å². The van der Waals surface area contributed by atoms with Crippen LogP contribution >= 0.6 is 0 Å². The number of hydrogen-bond acceptors (Lipinski definition) is 3. The van der Waals surface area contributed by atoms with Gasteiger partial charge < -0.3 is 15.5 Å². The van der Waals surface area contributed by atoms with Crippen molar-refractivity contribution in [3.63, 3.8) is 0 Å². The molecule has 0 bridgehead atoms. The Kier molecular flexibility index (Phi) is 4.70. The Bertz CT molecular complexity index is 408. The van der Waals surface area contributed by atoms with Gasteiger partial charge in [-0.1, -0.05) is 6.07 Å². The van der Waals surface area contributed by atoms with Crippen LogP contribution < -0.4 is 10.6 Å². The predicted octanol–water partition coefficient (Wildman–Crippen LogP) is 2.75. The quantitative estimate of drug-likeness (QED) is 0.846. The van der Waals surface area contributed by atoms with Gasteiger partial charge in [0.05, 0.1) is 11.4 Å². The first-order valence-electron chi connectivity index (χ1n) is 7.32. The molecule has 2 rings (SSSR count). The van der Waals surface area contributed by atoms with Crippen molar-refractivity contribution < 1.29 is 0 Å². The van der Waals surface area contributed by atoms with E-state index in [4.69, 9.17) is 5.73 Å². The van der Waals surface area contributed by atoms with E-state index in [1.807, 2.05) is 0 Å². The number of nitrogens with zero attached hydrogens (tertiary/aromatic N) is 2. The summed E-state index contributed by atoms with van der Waals surface area (Å²) in [7, 11) is 4.37. The molecule has 1 saturated heterocycles. The molecule has 0 unspecified atom stereocenters. The molecule has 1 aromatic rings. The number of likely N-dealkylation sites (tertiary alicyclic amines) is 1. The number of hydrogen-bond donors (Lipinski definition) is 1. The van der Waals surface area contributed by atoms with E-state index in [0.717, 1.165) is 18.2 Å². The van der Waals surface area contributed by atoms with Crippen LogP contribution in [0.3, 0.4) is 0 Å². The molecule has 0 radical (unpaired) electrons. The lowest BCUT2D eigenvalue weighted by molar-refractivity contribution is 0.213. The lowest BCUT2D eigenvalue weighted by Gasteiger charge is -2.30. The van der Waals surface area contributed by atoms with Crippen LogP contribution in [0.5, 0.6) is 0 Å². The van der Waals surface area contributed by atoms with Crippen LogP contribution in [-0.4, -0.2) is 38.6 Å². The van der Waals surface area contributed by atoms with E-state index in [2.05, 4.69) is 49.0 Å². The summed E-state index contributed by atoms with van der Waals surface area (Å²) in [5.74, 6) is 0.880. The Morgan fingerprint density at radius 3 is 2.63 bits per heavy atom. The lowest BCUT2D eigenvalue weighted by atomic mass is 9.93. The van der Waals surface area contributed by atoms with E-state index >= 15 is 0 Å². The van der Waals surface area contributed by atoms with Crippen molar-refractivity contribution in [3.8, 4) is 0 Å². The van der Waals surface area contributed by atoms with Gasteiger partial charge >= 0.3 is 0 Å². The average molecular weight is 261 g/mol.